The summed E-state index contributed by atoms with van der Waals surface area (Å²) < 4.78 is 8.97. The van der Waals surface area contributed by atoms with Crippen molar-refractivity contribution in [2.24, 2.45) is 0 Å². The van der Waals surface area contributed by atoms with E-state index in [0.29, 0.717) is 0 Å². The molecule has 84 valence electrons. The number of nitriles is 1. The summed E-state index contributed by atoms with van der Waals surface area (Å²) in [5, 5.41) is 18.1. The summed E-state index contributed by atoms with van der Waals surface area (Å²) >= 11 is 0. The van der Waals surface area contributed by atoms with Crippen LogP contribution in [0.3, 0.4) is 0 Å². The molecule has 0 aliphatic rings. The third kappa shape index (κ3) is 3.95. The molecule has 0 rings (SSSR count). The number of rotatable bonds is 5. The zero-order valence-corrected chi connectivity index (χ0v) is 8.65. The quantitative estimate of drug-likeness (QED) is 0.502. The predicted molar refractivity (Wildman–Crippen MR) is 48.4 cm³/mol. The van der Waals surface area contributed by atoms with Crippen LogP contribution in [0.5, 0.6) is 0 Å². The average molecular weight is 215 g/mol. The van der Waals surface area contributed by atoms with Gasteiger partial charge in [0.25, 0.3) is 5.60 Å². The van der Waals surface area contributed by atoms with Gasteiger partial charge >= 0.3 is 11.9 Å². The molecule has 0 amide bonds. The van der Waals surface area contributed by atoms with E-state index in [0.717, 1.165) is 0 Å². The highest BCUT2D eigenvalue weighted by molar-refractivity contribution is 5.88. The van der Waals surface area contributed by atoms with E-state index in [1.165, 1.54) is 13.0 Å². The Morgan fingerprint density at radius 1 is 1.33 bits per heavy atom. The van der Waals surface area contributed by atoms with Crippen LogP contribution in [-0.4, -0.2) is 35.9 Å². The van der Waals surface area contributed by atoms with E-state index >= 15 is 0 Å². The third-order valence-corrected chi connectivity index (χ3v) is 1.50. The van der Waals surface area contributed by atoms with Crippen molar-refractivity contribution >= 4 is 11.9 Å². The van der Waals surface area contributed by atoms with Gasteiger partial charge in [0.1, 0.15) is 6.07 Å². The van der Waals surface area contributed by atoms with Gasteiger partial charge in [-0.1, -0.05) is 0 Å². The highest BCUT2D eigenvalue weighted by atomic mass is 16.6. The molecule has 15 heavy (non-hydrogen) atoms. The van der Waals surface area contributed by atoms with E-state index in [2.05, 4.69) is 9.47 Å². The van der Waals surface area contributed by atoms with Crippen LogP contribution in [-0.2, 0) is 19.1 Å². The van der Waals surface area contributed by atoms with E-state index < -0.39 is 24.0 Å². The normalized spacial score (nSPS) is 13.5. The van der Waals surface area contributed by atoms with Crippen LogP contribution < -0.4 is 0 Å². The smallest absolute Gasteiger partial charge is 0.353 e. The first-order chi connectivity index (χ1) is 7.00. The fourth-order valence-corrected chi connectivity index (χ4v) is 0.829. The molecule has 0 bridgehead atoms. The molecular formula is C9H13NO5. The molecule has 0 aromatic rings. The van der Waals surface area contributed by atoms with Gasteiger partial charge in [-0.2, -0.15) is 5.26 Å². The summed E-state index contributed by atoms with van der Waals surface area (Å²) in [6.45, 7) is 3.24. The molecule has 0 aromatic carbocycles. The predicted octanol–water partition coefficient (Wildman–Crippen LogP) is -0.243. The van der Waals surface area contributed by atoms with E-state index in [1.54, 1.807) is 6.92 Å². The van der Waals surface area contributed by atoms with E-state index in [1.807, 2.05) is 0 Å². The van der Waals surface area contributed by atoms with E-state index in [9.17, 15) is 14.7 Å². The lowest BCUT2D eigenvalue weighted by Crippen LogP contribution is -2.41. The number of aliphatic hydroxyl groups is 1. The van der Waals surface area contributed by atoms with Crippen molar-refractivity contribution in [3.63, 3.8) is 0 Å². The van der Waals surface area contributed by atoms with Crippen molar-refractivity contribution in [2.45, 2.75) is 25.9 Å². The minimum atomic E-state index is -2.46. The second kappa shape index (κ2) is 5.98. The summed E-state index contributed by atoms with van der Waals surface area (Å²) in [5.74, 6) is -1.96. The van der Waals surface area contributed by atoms with Gasteiger partial charge in [0.15, 0.2) is 0 Å². The van der Waals surface area contributed by atoms with Crippen LogP contribution in [0.15, 0.2) is 0 Å². The standard InChI is InChI=1S/C9H13NO5/c1-3-14-7(11)5-9(13,6-10)8(12)15-4-2/h13H,3-5H2,1-2H3. The lowest BCUT2D eigenvalue weighted by atomic mass is 10.0. The van der Waals surface area contributed by atoms with Gasteiger partial charge < -0.3 is 14.6 Å². The van der Waals surface area contributed by atoms with Gasteiger partial charge in [-0.3, -0.25) is 4.79 Å². The van der Waals surface area contributed by atoms with Gasteiger partial charge in [0, 0.05) is 0 Å². The minimum Gasteiger partial charge on any atom is -0.466 e. The van der Waals surface area contributed by atoms with Crippen molar-refractivity contribution < 1.29 is 24.2 Å². The molecule has 0 aromatic heterocycles. The third-order valence-electron chi connectivity index (χ3n) is 1.50. The summed E-state index contributed by atoms with van der Waals surface area (Å²) in [6, 6.07) is 1.33. The summed E-state index contributed by atoms with van der Waals surface area (Å²) in [6.07, 6.45) is -0.726. The minimum absolute atomic E-state index is 0.0195. The molecule has 0 aliphatic heterocycles. The van der Waals surface area contributed by atoms with Crippen LogP contribution in [0.1, 0.15) is 20.3 Å². The molecule has 0 saturated heterocycles. The molecule has 1 atom stereocenters. The van der Waals surface area contributed by atoms with Crippen LogP contribution in [0.4, 0.5) is 0 Å². The first-order valence-corrected chi connectivity index (χ1v) is 4.46. The Balaban J connectivity index is 4.51. The number of esters is 2. The Hall–Kier alpha value is -1.61. The molecular weight excluding hydrogens is 202 g/mol. The number of nitrogens with zero attached hydrogens (tertiary/aromatic N) is 1. The van der Waals surface area contributed by atoms with Crippen molar-refractivity contribution in [3.05, 3.63) is 0 Å². The maximum absolute atomic E-state index is 11.1. The van der Waals surface area contributed by atoms with Gasteiger partial charge in [-0.15, -0.1) is 0 Å². The van der Waals surface area contributed by atoms with Gasteiger partial charge in [-0.25, -0.2) is 4.79 Å². The Morgan fingerprint density at radius 3 is 2.27 bits per heavy atom. The molecule has 0 saturated carbocycles. The molecule has 0 radical (unpaired) electrons. The number of ether oxygens (including phenoxy) is 2. The molecule has 0 spiro atoms. The second-order valence-corrected chi connectivity index (χ2v) is 2.67. The summed E-state index contributed by atoms with van der Waals surface area (Å²) in [4.78, 5) is 22.1. The maximum atomic E-state index is 11.1. The lowest BCUT2D eigenvalue weighted by Gasteiger charge is -2.16. The van der Waals surface area contributed by atoms with E-state index in [-0.39, 0.29) is 13.2 Å². The van der Waals surface area contributed by atoms with Crippen molar-refractivity contribution in [1.82, 2.24) is 0 Å². The van der Waals surface area contributed by atoms with Gasteiger partial charge in [0.05, 0.1) is 19.6 Å². The zero-order valence-electron chi connectivity index (χ0n) is 8.65. The molecule has 1 N–H and O–H groups in total. The van der Waals surface area contributed by atoms with Gasteiger partial charge in [0.2, 0.25) is 0 Å². The first kappa shape index (κ1) is 13.4. The Bertz CT molecular complexity index is 283. The zero-order chi connectivity index (χ0) is 11.9. The molecule has 0 aliphatic carbocycles. The van der Waals surface area contributed by atoms with Crippen molar-refractivity contribution in [3.8, 4) is 6.07 Å². The van der Waals surface area contributed by atoms with Crippen LogP contribution in [0.2, 0.25) is 0 Å². The number of hydrogen-bond donors (Lipinski definition) is 1. The van der Waals surface area contributed by atoms with E-state index in [4.69, 9.17) is 5.26 Å². The second-order valence-electron chi connectivity index (χ2n) is 2.67. The van der Waals surface area contributed by atoms with Crippen LogP contribution in [0.25, 0.3) is 0 Å². The largest absolute Gasteiger partial charge is 0.466 e. The van der Waals surface area contributed by atoms with Gasteiger partial charge in [-0.05, 0) is 13.8 Å². The molecule has 6 heteroatoms. The fourth-order valence-electron chi connectivity index (χ4n) is 0.829. The molecule has 0 heterocycles. The van der Waals surface area contributed by atoms with Crippen LogP contribution >= 0.6 is 0 Å². The average Bonchev–Trinajstić information content (AvgIpc) is 2.18. The summed E-state index contributed by atoms with van der Waals surface area (Å²) in [5.41, 5.74) is -2.46. The lowest BCUT2D eigenvalue weighted by molar-refractivity contribution is -0.165. The fraction of sp³-hybridized carbons (Fsp3) is 0.667. The van der Waals surface area contributed by atoms with Crippen molar-refractivity contribution in [1.29, 1.82) is 5.26 Å². The molecule has 6 nitrogen and oxygen atoms in total. The van der Waals surface area contributed by atoms with Crippen LogP contribution in [0, 0.1) is 11.3 Å². The molecule has 1 unspecified atom stereocenters. The first-order valence-electron chi connectivity index (χ1n) is 4.46. The highest BCUT2D eigenvalue weighted by Gasteiger charge is 2.41. The Morgan fingerprint density at radius 2 is 1.87 bits per heavy atom. The number of carbonyl (C=O) groups is 2. The summed E-state index contributed by atoms with van der Waals surface area (Å²) in [7, 11) is 0. The number of hydrogen-bond acceptors (Lipinski definition) is 6. The SMILES string of the molecule is CCOC(=O)CC(O)(C#N)C(=O)OCC. The monoisotopic (exact) mass is 215 g/mol. The Labute approximate surface area is 87.4 Å². The highest BCUT2D eigenvalue weighted by Crippen LogP contribution is 2.12. The molecule has 0 fully saturated rings. The topological polar surface area (TPSA) is 96.6 Å². The van der Waals surface area contributed by atoms with Crippen molar-refractivity contribution in [2.75, 3.05) is 13.2 Å². The number of carbonyl (C=O) groups excluding carboxylic acids is 2. The maximum Gasteiger partial charge on any atom is 0.353 e. The Kier molecular flexibility index (Phi) is 5.34.